The molecular formula is C21H17N3O5. The van der Waals surface area contributed by atoms with E-state index in [1.165, 1.54) is 31.4 Å². The molecule has 2 N–H and O–H groups in total. The molecular weight excluding hydrogens is 374 g/mol. The average molecular weight is 391 g/mol. The Morgan fingerprint density at radius 2 is 1.62 bits per heavy atom. The van der Waals surface area contributed by atoms with Gasteiger partial charge in [-0.25, -0.2) is 10.3 Å². The number of hydrogen-bond donors (Lipinski definition) is 2. The van der Waals surface area contributed by atoms with E-state index in [9.17, 15) is 14.7 Å². The van der Waals surface area contributed by atoms with Gasteiger partial charge in [-0.1, -0.05) is 12.1 Å². The number of ether oxygens (including phenoxy) is 1. The number of aromatic hydroxyl groups is 1. The number of phenolic OH excluding ortho intramolecular Hbond substituents is 1. The fraction of sp³-hybridized carbons (Fsp3) is 0.0476. The molecule has 0 aliphatic rings. The highest BCUT2D eigenvalue weighted by molar-refractivity contribution is 5.94. The number of carbonyl (C=O) groups excluding carboxylic acids is 2. The van der Waals surface area contributed by atoms with Crippen molar-refractivity contribution in [3.8, 4) is 11.5 Å². The molecule has 0 aromatic heterocycles. The highest BCUT2D eigenvalue weighted by Gasteiger charge is 2.13. The maximum absolute atomic E-state index is 12.1. The van der Waals surface area contributed by atoms with Crippen LogP contribution in [0.1, 0.15) is 20.7 Å². The number of methoxy groups -OCH3 is 1. The van der Waals surface area contributed by atoms with Crippen molar-refractivity contribution in [3.05, 3.63) is 83.9 Å². The van der Waals surface area contributed by atoms with Gasteiger partial charge >= 0.3 is 5.97 Å². The first-order valence-electron chi connectivity index (χ1n) is 8.52. The smallest absolute Gasteiger partial charge is 0.366 e. The highest BCUT2D eigenvalue weighted by Crippen LogP contribution is 2.20. The lowest BCUT2D eigenvalue weighted by Gasteiger charge is -2.09. The van der Waals surface area contributed by atoms with E-state index >= 15 is 0 Å². The van der Waals surface area contributed by atoms with Crippen molar-refractivity contribution in [1.82, 2.24) is 0 Å². The first-order valence-corrected chi connectivity index (χ1v) is 8.52. The molecule has 0 spiro atoms. The van der Waals surface area contributed by atoms with Gasteiger partial charge in [-0.05, 0) is 60.7 Å². The van der Waals surface area contributed by atoms with Crippen molar-refractivity contribution in [2.24, 2.45) is 10.2 Å². The van der Waals surface area contributed by atoms with Crippen molar-refractivity contribution in [2.45, 2.75) is 0 Å². The minimum atomic E-state index is -0.592. The number of para-hydroxylation sites is 1. The lowest BCUT2D eigenvalue weighted by Crippen LogP contribution is -2.11. The van der Waals surface area contributed by atoms with E-state index in [-0.39, 0.29) is 5.75 Å². The summed E-state index contributed by atoms with van der Waals surface area (Å²) in [5.74, 6) is -0.648. The third-order valence-electron chi connectivity index (χ3n) is 3.83. The van der Waals surface area contributed by atoms with Gasteiger partial charge in [0.05, 0.1) is 18.5 Å². The normalized spacial score (nSPS) is 10.5. The Hall–Kier alpha value is -4.20. The summed E-state index contributed by atoms with van der Waals surface area (Å²) in [6, 6.07) is 18.9. The second-order valence-corrected chi connectivity index (χ2v) is 5.79. The van der Waals surface area contributed by atoms with Gasteiger partial charge in [0.1, 0.15) is 17.1 Å². The summed E-state index contributed by atoms with van der Waals surface area (Å²) < 4.78 is 5.13. The molecule has 0 aliphatic heterocycles. The molecule has 0 radical (unpaired) electrons. The minimum Gasteiger partial charge on any atom is -0.508 e. The van der Waals surface area contributed by atoms with Crippen LogP contribution in [-0.4, -0.2) is 24.1 Å². The van der Waals surface area contributed by atoms with Crippen LogP contribution in [0.15, 0.2) is 83.0 Å². The van der Waals surface area contributed by atoms with Gasteiger partial charge in [0.15, 0.2) is 0 Å². The average Bonchev–Trinajstić information content (AvgIpc) is 2.77. The molecule has 0 fully saturated rings. The summed E-state index contributed by atoms with van der Waals surface area (Å²) in [5, 5.41) is 16.7. The Morgan fingerprint density at radius 3 is 2.31 bits per heavy atom. The third-order valence-corrected chi connectivity index (χ3v) is 3.83. The van der Waals surface area contributed by atoms with Crippen LogP contribution >= 0.6 is 0 Å². The highest BCUT2D eigenvalue weighted by atomic mass is 16.7. The standard InChI is InChI=1S/C21H17N3O5/c1-28-19-5-3-2-4-18(19)21(27)29-24-16-10-8-15(9-11-16)22-23-20(26)14-6-12-17(25)13-7-14/h2-13,24-25H,1H3. The van der Waals surface area contributed by atoms with Gasteiger partial charge < -0.3 is 14.7 Å². The molecule has 0 unspecified atom stereocenters. The van der Waals surface area contributed by atoms with Gasteiger partial charge in [0.2, 0.25) is 0 Å². The summed E-state index contributed by atoms with van der Waals surface area (Å²) in [6.07, 6.45) is 0. The molecule has 3 aromatic rings. The molecule has 0 saturated carbocycles. The molecule has 8 nitrogen and oxygen atoms in total. The molecule has 0 bridgehead atoms. The van der Waals surface area contributed by atoms with Crippen LogP contribution in [0, 0.1) is 0 Å². The number of anilines is 1. The fourth-order valence-corrected chi connectivity index (χ4v) is 2.33. The molecule has 0 heterocycles. The predicted molar refractivity (Wildman–Crippen MR) is 105 cm³/mol. The molecule has 146 valence electrons. The number of azo groups is 1. The van der Waals surface area contributed by atoms with Crippen LogP contribution in [-0.2, 0) is 4.84 Å². The van der Waals surface area contributed by atoms with Crippen LogP contribution in [0.5, 0.6) is 11.5 Å². The second kappa shape index (κ2) is 9.14. The topological polar surface area (TPSA) is 110 Å². The quantitative estimate of drug-likeness (QED) is 0.473. The molecule has 29 heavy (non-hydrogen) atoms. The number of nitrogens with one attached hydrogen (secondary N) is 1. The number of hydrogen-bond acceptors (Lipinski definition) is 7. The Balaban J connectivity index is 1.58. The number of phenols is 1. The molecule has 0 aliphatic carbocycles. The molecule has 8 heteroatoms. The van der Waals surface area contributed by atoms with Gasteiger partial charge in [0.25, 0.3) is 5.91 Å². The molecule has 3 aromatic carbocycles. The van der Waals surface area contributed by atoms with E-state index in [1.807, 2.05) is 0 Å². The molecule has 1 amide bonds. The lowest BCUT2D eigenvalue weighted by molar-refractivity contribution is 0.0592. The van der Waals surface area contributed by atoms with E-state index in [2.05, 4.69) is 15.7 Å². The van der Waals surface area contributed by atoms with E-state index in [0.29, 0.717) is 28.3 Å². The zero-order valence-electron chi connectivity index (χ0n) is 15.4. The van der Waals surface area contributed by atoms with E-state index < -0.39 is 11.9 Å². The van der Waals surface area contributed by atoms with Gasteiger partial charge in [-0.3, -0.25) is 4.79 Å². The number of carbonyl (C=O) groups is 2. The van der Waals surface area contributed by atoms with Crippen LogP contribution in [0.3, 0.4) is 0 Å². The Kier molecular flexibility index (Phi) is 6.16. The van der Waals surface area contributed by atoms with Crippen molar-refractivity contribution in [2.75, 3.05) is 12.6 Å². The SMILES string of the molecule is COc1ccccc1C(=O)ONc1ccc(N=NC(=O)c2ccc(O)cc2)cc1. The van der Waals surface area contributed by atoms with Gasteiger partial charge in [0, 0.05) is 5.56 Å². The van der Waals surface area contributed by atoms with Gasteiger partial charge in [-0.15, -0.1) is 10.2 Å². The summed E-state index contributed by atoms with van der Waals surface area (Å²) >= 11 is 0. The van der Waals surface area contributed by atoms with Crippen molar-refractivity contribution >= 4 is 23.3 Å². The maximum Gasteiger partial charge on any atom is 0.366 e. The summed E-state index contributed by atoms with van der Waals surface area (Å²) in [7, 11) is 1.47. The van der Waals surface area contributed by atoms with Crippen molar-refractivity contribution in [3.63, 3.8) is 0 Å². The summed E-state index contributed by atoms with van der Waals surface area (Å²) in [4.78, 5) is 29.1. The van der Waals surface area contributed by atoms with Crippen LogP contribution in [0.25, 0.3) is 0 Å². The molecule has 0 atom stereocenters. The second-order valence-electron chi connectivity index (χ2n) is 5.79. The van der Waals surface area contributed by atoms with E-state index in [4.69, 9.17) is 9.57 Å². The predicted octanol–water partition coefficient (Wildman–Crippen LogP) is 4.51. The molecule has 3 rings (SSSR count). The summed E-state index contributed by atoms with van der Waals surface area (Å²) in [5.41, 5.74) is 4.11. The summed E-state index contributed by atoms with van der Waals surface area (Å²) in [6.45, 7) is 0. The van der Waals surface area contributed by atoms with E-state index in [1.54, 1.807) is 48.5 Å². The zero-order chi connectivity index (χ0) is 20.6. The molecule has 0 saturated heterocycles. The Bertz CT molecular complexity index is 1030. The minimum absolute atomic E-state index is 0.0630. The largest absolute Gasteiger partial charge is 0.508 e. The number of benzene rings is 3. The van der Waals surface area contributed by atoms with E-state index in [0.717, 1.165) is 0 Å². The Labute approximate surface area is 166 Å². The third kappa shape index (κ3) is 5.16. The fourth-order valence-electron chi connectivity index (χ4n) is 2.33. The van der Waals surface area contributed by atoms with Crippen LogP contribution in [0.4, 0.5) is 11.4 Å². The number of rotatable bonds is 6. The van der Waals surface area contributed by atoms with Crippen molar-refractivity contribution < 1.29 is 24.3 Å². The number of amides is 1. The number of nitrogens with zero attached hydrogens (tertiary/aromatic N) is 2. The zero-order valence-corrected chi connectivity index (χ0v) is 15.4. The first-order chi connectivity index (χ1) is 14.1. The first kappa shape index (κ1) is 19.6. The lowest BCUT2D eigenvalue weighted by atomic mass is 10.2. The maximum atomic E-state index is 12.1. The van der Waals surface area contributed by atoms with Gasteiger partial charge in [-0.2, -0.15) is 0 Å². The monoisotopic (exact) mass is 391 g/mol. The van der Waals surface area contributed by atoms with Crippen LogP contribution in [0.2, 0.25) is 0 Å². The van der Waals surface area contributed by atoms with Crippen LogP contribution < -0.4 is 10.2 Å². The van der Waals surface area contributed by atoms with Crippen molar-refractivity contribution in [1.29, 1.82) is 0 Å². The Morgan fingerprint density at radius 1 is 0.931 bits per heavy atom.